The molecule has 1 amide bonds. The average molecular weight is 255 g/mol. The molecule has 4 heteroatoms. The van der Waals surface area contributed by atoms with Gasteiger partial charge in [0.1, 0.15) is 11.6 Å². The fraction of sp³-hybridized carbons (Fsp3) is 0. The van der Waals surface area contributed by atoms with Gasteiger partial charge in [-0.15, -0.1) is 0 Å². The third-order valence-corrected chi connectivity index (χ3v) is 3.14. The van der Waals surface area contributed by atoms with E-state index in [0.717, 1.165) is 0 Å². The summed E-state index contributed by atoms with van der Waals surface area (Å²) in [7, 11) is 0. The lowest BCUT2D eigenvalue weighted by Crippen LogP contribution is -2.02. The van der Waals surface area contributed by atoms with Gasteiger partial charge in [0.25, 0.3) is 5.91 Å². The predicted molar refractivity (Wildman–Crippen MR) is 71.2 cm³/mol. The molecular formula is C15H10FNO2. The lowest BCUT2D eigenvalue weighted by Gasteiger charge is -2.08. The molecule has 1 aliphatic heterocycles. The van der Waals surface area contributed by atoms with E-state index in [0.29, 0.717) is 28.0 Å². The summed E-state index contributed by atoms with van der Waals surface area (Å²) in [6.07, 6.45) is 0. The number of nitrogens with one attached hydrogen (secondary N) is 1. The number of anilines is 1. The Morgan fingerprint density at radius 1 is 1.11 bits per heavy atom. The molecule has 0 fully saturated rings. The van der Waals surface area contributed by atoms with Crippen molar-refractivity contribution >= 4 is 17.2 Å². The number of amides is 1. The highest BCUT2D eigenvalue weighted by atomic mass is 19.1. The molecule has 94 valence electrons. The van der Waals surface area contributed by atoms with E-state index in [1.54, 1.807) is 18.2 Å². The number of rotatable bonds is 1. The van der Waals surface area contributed by atoms with Crippen LogP contribution >= 0.6 is 0 Å². The van der Waals surface area contributed by atoms with Crippen molar-refractivity contribution in [3.05, 3.63) is 54.4 Å². The van der Waals surface area contributed by atoms with E-state index in [1.807, 2.05) is 0 Å². The van der Waals surface area contributed by atoms with E-state index < -0.39 is 0 Å². The van der Waals surface area contributed by atoms with Gasteiger partial charge in [-0.3, -0.25) is 4.79 Å². The first kappa shape index (κ1) is 11.5. The highest BCUT2D eigenvalue weighted by molar-refractivity contribution is 6.31. The molecule has 0 aliphatic carbocycles. The smallest absolute Gasteiger partial charge is 0.255 e. The van der Waals surface area contributed by atoms with Crippen LogP contribution in [-0.2, 0) is 4.79 Å². The summed E-state index contributed by atoms with van der Waals surface area (Å²) in [5.74, 6) is -0.586. The van der Waals surface area contributed by atoms with Gasteiger partial charge in [-0.05, 0) is 23.8 Å². The van der Waals surface area contributed by atoms with E-state index in [4.69, 9.17) is 0 Å². The third-order valence-electron chi connectivity index (χ3n) is 3.14. The molecule has 0 saturated carbocycles. The minimum atomic E-state index is -0.342. The van der Waals surface area contributed by atoms with Gasteiger partial charge in [-0.25, -0.2) is 4.39 Å². The standard InChI is InChI=1S/C15H10FNO2/c1-8-11-6-12(9-2-4-10(16)5-3-9)14(18)7-13(11)17-15(8)19/h2-7,18H,1H2,(H,17,19). The number of hydrogen-bond acceptors (Lipinski definition) is 2. The molecule has 0 bridgehead atoms. The van der Waals surface area contributed by atoms with Gasteiger partial charge in [0.2, 0.25) is 0 Å². The molecule has 2 aromatic carbocycles. The molecule has 0 saturated heterocycles. The number of phenols is 1. The first-order chi connectivity index (χ1) is 9.06. The van der Waals surface area contributed by atoms with E-state index in [-0.39, 0.29) is 17.5 Å². The van der Waals surface area contributed by atoms with E-state index in [2.05, 4.69) is 11.9 Å². The van der Waals surface area contributed by atoms with Crippen molar-refractivity contribution in [1.82, 2.24) is 0 Å². The third kappa shape index (κ3) is 1.78. The number of phenolic OH excluding ortho intramolecular Hbond substituents is 1. The SMILES string of the molecule is C=C1C(=O)Nc2cc(O)c(-c3ccc(F)cc3)cc21. The molecular weight excluding hydrogens is 245 g/mol. The largest absolute Gasteiger partial charge is 0.507 e. The van der Waals surface area contributed by atoms with Crippen molar-refractivity contribution < 1.29 is 14.3 Å². The average Bonchev–Trinajstić information content (AvgIpc) is 2.65. The van der Waals surface area contributed by atoms with Crippen molar-refractivity contribution in [2.24, 2.45) is 0 Å². The normalized spacial score (nSPS) is 13.3. The summed E-state index contributed by atoms with van der Waals surface area (Å²) >= 11 is 0. The van der Waals surface area contributed by atoms with E-state index >= 15 is 0 Å². The molecule has 1 heterocycles. The molecule has 0 spiro atoms. The molecule has 3 nitrogen and oxygen atoms in total. The first-order valence-corrected chi connectivity index (χ1v) is 5.70. The van der Waals surface area contributed by atoms with Gasteiger partial charge >= 0.3 is 0 Å². The number of benzene rings is 2. The number of carbonyl (C=O) groups is 1. The summed E-state index contributed by atoms with van der Waals surface area (Å²) in [5, 5.41) is 12.6. The first-order valence-electron chi connectivity index (χ1n) is 5.70. The fourth-order valence-electron chi connectivity index (χ4n) is 2.12. The van der Waals surface area contributed by atoms with Crippen molar-refractivity contribution in [2.75, 3.05) is 5.32 Å². The molecule has 0 unspecified atom stereocenters. The Labute approximate surface area is 109 Å². The zero-order valence-corrected chi connectivity index (χ0v) is 9.90. The fourth-order valence-corrected chi connectivity index (χ4v) is 2.12. The minimum absolute atomic E-state index is 0.0281. The van der Waals surface area contributed by atoms with Crippen LogP contribution in [0.15, 0.2) is 43.0 Å². The second-order valence-electron chi connectivity index (χ2n) is 4.35. The van der Waals surface area contributed by atoms with E-state index in [1.165, 1.54) is 18.2 Å². The summed E-state index contributed by atoms with van der Waals surface area (Å²) in [6, 6.07) is 8.94. The Morgan fingerprint density at radius 3 is 2.47 bits per heavy atom. The van der Waals surface area contributed by atoms with Gasteiger partial charge in [0.05, 0.1) is 5.69 Å². The summed E-state index contributed by atoms with van der Waals surface area (Å²) in [5.41, 5.74) is 2.77. The van der Waals surface area contributed by atoms with Crippen LogP contribution in [0.2, 0.25) is 0 Å². The second-order valence-corrected chi connectivity index (χ2v) is 4.35. The molecule has 2 aromatic rings. The maximum absolute atomic E-state index is 12.9. The highest BCUT2D eigenvalue weighted by Crippen LogP contribution is 2.39. The summed E-state index contributed by atoms with van der Waals surface area (Å²) < 4.78 is 12.9. The molecule has 1 aliphatic rings. The van der Waals surface area contributed by atoms with Crippen LogP contribution in [0.5, 0.6) is 5.75 Å². The number of aromatic hydroxyl groups is 1. The molecule has 3 rings (SSSR count). The molecule has 0 atom stereocenters. The van der Waals surface area contributed by atoms with Crippen LogP contribution in [0.25, 0.3) is 16.7 Å². The summed E-state index contributed by atoms with van der Waals surface area (Å²) in [6.45, 7) is 3.70. The van der Waals surface area contributed by atoms with E-state index in [9.17, 15) is 14.3 Å². The quantitative estimate of drug-likeness (QED) is 0.769. The van der Waals surface area contributed by atoms with Crippen molar-refractivity contribution in [3.63, 3.8) is 0 Å². The molecule has 19 heavy (non-hydrogen) atoms. The van der Waals surface area contributed by atoms with Crippen LogP contribution in [0.3, 0.4) is 0 Å². The molecule has 2 N–H and O–H groups in total. The topological polar surface area (TPSA) is 49.3 Å². The van der Waals surface area contributed by atoms with Crippen molar-refractivity contribution in [3.8, 4) is 16.9 Å². The number of hydrogen-bond donors (Lipinski definition) is 2. The Kier molecular flexibility index (Phi) is 2.38. The number of fused-ring (bicyclic) bond motifs is 1. The van der Waals surface area contributed by atoms with Gasteiger partial charge in [0, 0.05) is 22.8 Å². The van der Waals surface area contributed by atoms with Gasteiger partial charge in [-0.1, -0.05) is 18.7 Å². The van der Waals surface area contributed by atoms with Crippen LogP contribution in [-0.4, -0.2) is 11.0 Å². The maximum Gasteiger partial charge on any atom is 0.255 e. The Balaban J connectivity index is 2.16. The van der Waals surface area contributed by atoms with Gasteiger partial charge in [0.15, 0.2) is 0 Å². The highest BCUT2D eigenvalue weighted by Gasteiger charge is 2.24. The minimum Gasteiger partial charge on any atom is -0.507 e. The van der Waals surface area contributed by atoms with Crippen molar-refractivity contribution in [2.45, 2.75) is 0 Å². The Morgan fingerprint density at radius 2 is 1.79 bits per heavy atom. The molecule has 0 aromatic heterocycles. The number of carbonyl (C=O) groups excluding carboxylic acids is 1. The molecule has 0 radical (unpaired) electrons. The zero-order chi connectivity index (χ0) is 13.6. The van der Waals surface area contributed by atoms with Crippen LogP contribution < -0.4 is 5.32 Å². The second kappa shape index (κ2) is 3.95. The Hall–Kier alpha value is -2.62. The predicted octanol–water partition coefficient (Wildman–Crippen LogP) is 3.16. The summed E-state index contributed by atoms with van der Waals surface area (Å²) in [4.78, 5) is 11.5. The van der Waals surface area contributed by atoms with Gasteiger partial charge in [-0.2, -0.15) is 0 Å². The maximum atomic E-state index is 12.9. The van der Waals surface area contributed by atoms with Crippen LogP contribution in [0.1, 0.15) is 5.56 Å². The lowest BCUT2D eigenvalue weighted by atomic mass is 9.99. The zero-order valence-electron chi connectivity index (χ0n) is 9.90. The Bertz CT molecular complexity index is 705. The lowest BCUT2D eigenvalue weighted by molar-refractivity contribution is -0.110. The van der Waals surface area contributed by atoms with Crippen LogP contribution in [0, 0.1) is 5.82 Å². The monoisotopic (exact) mass is 255 g/mol. The van der Waals surface area contributed by atoms with Crippen LogP contribution in [0.4, 0.5) is 10.1 Å². The number of halogens is 1. The van der Waals surface area contributed by atoms with Gasteiger partial charge < -0.3 is 10.4 Å². The van der Waals surface area contributed by atoms with Crippen molar-refractivity contribution in [1.29, 1.82) is 0 Å².